The average Bonchev–Trinajstić information content (AvgIpc) is 2.68. The van der Waals surface area contributed by atoms with E-state index >= 15 is 0 Å². The molecule has 94 valence electrons. The van der Waals surface area contributed by atoms with Crippen LogP contribution in [0.5, 0.6) is 0 Å². The van der Waals surface area contributed by atoms with Crippen molar-refractivity contribution in [2.75, 3.05) is 25.5 Å². The Balaban J connectivity index is 2.17. The van der Waals surface area contributed by atoms with Crippen LogP contribution in [0, 0.1) is 5.92 Å². The smallest absolute Gasteiger partial charge is 0.304 e. The minimum absolute atomic E-state index is 0.357. The van der Waals surface area contributed by atoms with Gasteiger partial charge in [0, 0.05) is 19.8 Å². The Kier molecular flexibility index (Phi) is 5.17. The van der Waals surface area contributed by atoms with Crippen LogP contribution < -0.4 is 4.72 Å². The van der Waals surface area contributed by atoms with Crippen LogP contribution in [0.4, 0.5) is 0 Å². The molecule has 0 aromatic carbocycles. The summed E-state index contributed by atoms with van der Waals surface area (Å²) in [5.41, 5.74) is 0. The van der Waals surface area contributed by atoms with Crippen LogP contribution in [0.15, 0.2) is 0 Å². The fourth-order valence-electron chi connectivity index (χ4n) is 1.52. The Morgan fingerprint density at radius 1 is 1.50 bits per heavy atom. The number of carbonyl (C=O) groups is 1. The standard InChI is InChI=1S/C9H17NO5S/c11-9(12)3-6-16(13,14)10-4-1-8-2-5-15-7-8/h8,10H,1-7H2,(H,11,12). The van der Waals surface area contributed by atoms with Gasteiger partial charge in [0.05, 0.1) is 12.2 Å². The van der Waals surface area contributed by atoms with Gasteiger partial charge in [0.1, 0.15) is 0 Å². The highest BCUT2D eigenvalue weighted by Crippen LogP contribution is 2.15. The second kappa shape index (κ2) is 6.17. The van der Waals surface area contributed by atoms with E-state index in [2.05, 4.69) is 4.72 Å². The number of hydrogen-bond donors (Lipinski definition) is 2. The molecular weight excluding hydrogens is 234 g/mol. The van der Waals surface area contributed by atoms with Crippen molar-refractivity contribution >= 4 is 16.0 Å². The number of hydrogen-bond acceptors (Lipinski definition) is 4. The lowest BCUT2D eigenvalue weighted by molar-refractivity contribution is -0.136. The molecular formula is C9H17NO5S. The number of carboxylic acids is 1. The zero-order chi connectivity index (χ0) is 12.0. The molecule has 0 saturated carbocycles. The molecule has 1 saturated heterocycles. The first-order chi connectivity index (χ1) is 7.49. The van der Waals surface area contributed by atoms with E-state index in [9.17, 15) is 13.2 Å². The Bertz CT molecular complexity index is 321. The van der Waals surface area contributed by atoms with Gasteiger partial charge in [-0.15, -0.1) is 0 Å². The molecule has 16 heavy (non-hydrogen) atoms. The largest absolute Gasteiger partial charge is 0.481 e. The summed E-state index contributed by atoms with van der Waals surface area (Å²) in [6.45, 7) is 1.79. The van der Waals surface area contributed by atoms with Gasteiger partial charge in [0.15, 0.2) is 0 Å². The highest BCUT2D eigenvalue weighted by Gasteiger charge is 2.17. The highest BCUT2D eigenvalue weighted by molar-refractivity contribution is 7.89. The molecule has 7 heteroatoms. The predicted octanol–water partition coefficient (Wildman–Crippen LogP) is -0.193. The van der Waals surface area contributed by atoms with Gasteiger partial charge in [-0.05, 0) is 18.8 Å². The van der Waals surface area contributed by atoms with Crippen LogP contribution in [0.25, 0.3) is 0 Å². The van der Waals surface area contributed by atoms with Gasteiger partial charge in [-0.1, -0.05) is 0 Å². The molecule has 1 unspecified atom stereocenters. The number of aliphatic carboxylic acids is 1. The molecule has 1 fully saturated rings. The minimum Gasteiger partial charge on any atom is -0.481 e. The summed E-state index contributed by atoms with van der Waals surface area (Å²) in [5, 5.41) is 8.37. The average molecular weight is 251 g/mol. The zero-order valence-electron chi connectivity index (χ0n) is 9.02. The molecule has 0 amide bonds. The summed E-state index contributed by atoms with van der Waals surface area (Å²) in [7, 11) is -3.44. The number of carboxylic acid groups (broad SMARTS) is 1. The van der Waals surface area contributed by atoms with Crippen LogP contribution in [0.1, 0.15) is 19.3 Å². The third kappa shape index (κ3) is 5.43. The third-order valence-electron chi connectivity index (χ3n) is 2.48. The van der Waals surface area contributed by atoms with Crippen molar-refractivity contribution in [1.82, 2.24) is 4.72 Å². The summed E-state index contributed by atoms with van der Waals surface area (Å²) < 4.78 is 30.2. The Labute approximate surface area is 95.0 Å². The van der Waals surface area contributed by atoms with Gasteiger partial charge in [-0.3, -0.25) is 4.79 Å². The molecule has 0 aromatic rings. The molecule has 0 spiro atoms. The van der Waals surface area contributed by atoms with Gasteiger partial charge in [0.25, 0.3) is 0 Å². The van der Waals surface area contributed by atoms with Crippen molar-refractivity contribution < 1.29 is 23.1 Å². The quantitative estimate of drug-likeness (QED) is 0.654. The van der Waals surface area contributed by atoms with Crippen molar-refractivity contribution in [2.45, 2.75) is 19.3 Å². The summed E-state index contributed by atoms with van der Waals surface area (Å²) in [6.07, 6.45) is 1.35. The molecule has 0 radical (unpaired) electrons. The molecule has 1 aliphatic heterocycles. The van der Waals surface area contributed by atoms with Crippen molar-refractivity contribution in [3.05, 3.63) is 0 Å². The number of rotatable bonds is 7. The summed E-state index contributed by atoms with van der Waals surface area (Å²) in [5.74, 6) is -1.04. The predicted molar refractivity (Wildman–Crippen MR) is 57.6 cm³/mol. The molecule has 1 aliphatic rings. The van der Waals surface area contributed by atoms with E-state index in [4.69, 9.17) is 9.84 Å². The maximum absolute atomic E-state index is 11.3. The maximum Gasteiger partial charge on any atom is 0.304 e. The fraction of sp³-hybridized carbons (Fsp3) is 0.889. The topological polar surface area (TPSA) is 92.7 Å². The SMILES string of the molecule is O=C(O)CCS(=O)(=O)NCCC1CCOC1. The van der Waals surface area contributed by atoms with Crippen molar-refractivity contribution in [3.8, 4) is 0 Å². The van der Waals surface area contributed by atoms with Gasteiger partial charge < -0.3 is 9.84 Å². The molecule has 1 rings (SSSR count). The van der Waals surface area contributed by atoms with Gasteiger partial charge >= 0.3 is 5.97 Å². The Morgan fingerprint density at radius 2 is 2.25 bits per heavy atom. The van der Waals surface area contributed by atoms with Gasteiger partial charge in [-0.2, -0.15) is 0 Å². The monoisotopic (exact) mass is 251 g/mol. The fourth-order valence-corrected chi connectivity index (χ4v) is 2.54. The Hall–Kier alpha value is -0.660. The van der Waals surface area contributed by atoms with Gasteiger partial charge in [-0.25, -0.2) is 13.1 Å². The van der Waals surface area contributed by atoms with Crippen molar-refractivity contribution in [1.29, 1.82) is 0 Å². The van der Waals surface area contributed by atoms with Gasteiger partial charge in [0.2, 0.25) is 10.0 Å². The summed E-state index contributed by atoms with van der Waals surface area (Å²) in [4.78, 5) is 10.2. The van der Waals surface area contributed by atoms with E-state index in [1.54, 1.807) is 0 Å². The van der Waals surface area contributed by atoms with E-state index in [1.807, 2.05) is 0 Å². The molecule has 0 aromatic heterocycles. The van der Waals surface area contributed by atoms with Crippen LogP contribution in [0.2, 0.25) is 0 Å². The lowest BCUT2D eigenvalue weighted by atomic mass is 10.1. The highest BCUT2D eigenvalue weighted by atomic mass is 32.2. The van der Waals surface area contributed by atoms with E-state index in [-0.39, 0.29) is 12.2 Å². The third-order valence-corrected chi connectivity index (χ3v) is 3.87. The molecule has 6 nitrogen and oxygen atoms in total. The Morgan fingerprint density at radius 3 is 2.81 bits per heavy atom. The molecule has 1 heterocycles. The molecule has 0 aliphatic carbocycles. The molecule has 1 atom stereocenters. The van der Waals surface area contributed by atoms with Crippen molar-refractivity contribution in [2.24, 2.45) is 5.92 Å². The number of nitrogens with one attached hydrogen (secondary N) is 1. The van der Waals surface area contributed by atoms with Crippen LogP contribution in [-0.2, 0) is 19.6 Å². The second-order valence-electron chi connectivity index (χ2n) is 3.88. The molecule has 2 N–H and O–H groups in total. The first-order valence-corrected chi connectivity index (χ1v) is 6.92. The first kappa shape index (κ1) is 13.4. The normalized spacial score (nSPS) is 21.1. The summed E-state index contributed by atoms with van der Waals surface area (Å²) in [6, 6.07) is 0. The van der Waals surface area contributed by atoms with E-state index in [0.29, 0.717) is 19.1 Å². The summed E-state index contributed by atoms with van der Waals surface area (Å²) >= 11 is 0. The van der Waals surface area contributed by atoms with Crippen LogP contribution >= 0.6 is 0 Å². The van der Waals surface area contributed by atoms with E-state index < -0.39 is 16.0 Å². The van der Waals surface area contributed by atoms with E-state index in [0.717, 1.165) is 19.4 Å². The number of sulfonamides is 1. The first-order valence-electron chi connectivity index (χ1n) is 5.26. The lowest BCUT2D eigenvalue weighted by Gasteiger charge is -2.08. The van der Waals surface area contributed by atoms with Crippen LogP contribution in [-0.4, -0.2) is 45.0 Å². The zero-order valence-corrected chi connectivity index (χ0v) is 9.83. The maximum atomic E-state index is 11.3. The lowest BCUT2D eigenvalue weighted by Crippen LogP contribution is -2.29. The van der Waals surface area contributed by atoms with E-state index in [1.165, 1.54) is 0 Å². The van der Waals surface area contributed by atoms with Crippen molar-refractivity contribution in [3.63, 3.8) is 0 Å². The molecule has 0 bridgehead atoms. The second-order valence-corrected chi connectivity index (χ2v) is 5.80. The number of ether oxygens (including phenoxy) is 1. The van der Waals surface area contributed by atoms with Crippen LogP contribution in [0.3, 0.4) is 0 Å². The minimum atomic E-state index is -3.44.